The average Bonchev–Trinajstić information content (AvgIpc) is 2.71. The third-order valence-corrected chi connectivity index (χ3v) is 4.01. The highest BCUT2D eigenvalue weighted by molar-refractivity contribution is 5.86. The molecule has 26 heavy (non-hydrogen) atoms. The van der Waals surface area contributed by atoms with Gasteiger partial charge >= 0.3 is 5.69 Å². The van der Waals surface area contributed by atoms with Crippen molar-refractivity contribution in [2.24, 2.45) is 0 Å². The summed E-state index contributed by atoms with van der Waals surface area (Å²) in [6.45, 7) is 0.481. The number of fused-ring (bicyclic) bond motifs is 1. The quantitative estimate of drug-likeness (QED) is 0.553. The molecule has 4 rings (SSSR count). The molecular weight excluding hydrogens is 330 g/mol. The van der Waals surface area contributed by atoms with Gasteiger partial charge in [-0.25, -0.2) is 9.78 Å². The Balaban J connectivity index is 1.57. The average molecular weight is 345 g/mol. The van der Waals surface area contributed by atoms with Crippen molar-refractivity contribution in [2.75, 3.05) is 5.32 Å². The minimum atomic E-state index is -0.774. The summed E-state index contributed by atoms with van der Waals surface area (Å²) in [5, 5.41) is 13.5. The molecule has 7 nitrogen and oxygen atoms in total. The van der Waals surface area contributed by atoms with Gasteiger partial charge < -0.3 is 10.5 Å². The lowest BCUT2D eigenvalue weighted by atomic mass is 10.1. The van der Waals surface area contributed by atoms with E-state index in [0.717, 1.165) is 16.8 Å². The molecule has 0 radical (unpaired) electrons. The Labute approximate surface area is 148 Å². The number of rotatable bonds is 4. The number of anilines is 1. The predicted molar refractivity (Wildman–Crippen MR) is 98.0 cm³/mol. The molecule has 3 heterocycles. The van der Waals surface area contributed by atoms with Gasteiger partial charge in [0.15, 0.2) is 5.65 Å². The number of hydrogen-bond acceptors (Lipinski definition) is 6. The molecule has 3 aromatic heterocycles. The number of pyridine rings is 2. The number of aromatic nitrogens is 4. The first-order chi connectivity index (χ1) is 12.7. The molecule has 0 fully saturated rings. The van der Waals surface area contributed by atoms with Crippen molar-refractivity contribution in [3.05, 3.63) is 83.0 Å². The van der Waals surface area contributed by atoms with Crippen molar-refractivity contribution >= 4 is 16.9 Å². The topological polar surface area (TPSA) is 92.9 Å². The highest BCUT2D eigenvalue weighted by atomic mass is 16.5. The summed E-state index contributed by atoms with van der Waals surface area (Å²) in [7, 11) is 0. The van der Waals surface area contributed by atoms with E-state index >= 15 is 0 Å². The van der Waals surface area contributed by atoms with Gasteiger partial charge in [0.05, 0.1) is 11.1 Å². The second kappa shape index (κ2) is 6.64. The SMILES string of the molecule is O=c1nc(NCc2ccc(-c3ccccn3)cc2)c2cccnc2n1O. The van der Waals surface area contributed by atoms with E-state index in [2.05, 4.69) is 20.3 Å². The summed E-state index contributed by atoms with van der Waals surface area (Å²) >= 11 is 0. The Kier molecular flexibility index (Phi) is 4.03. The van der Waals surface area contributed by atoms with Crippen molar-refractivity contribution in [3.63, 3.8) is 0 Å². The fourth-order valence-electron chi connectivity index (χ4n) is 2.69. The van der Waals surface area contributed by atoms with Gasteiger partial charge in [0.2, 0.25) is 0 Å². The summed E-state index contributed by atoms with van der Waals surface area (Å²) in [5.41, 5.74) is 2.36. The summed E-state index contributed by atoms with van der Waals surface area (Å²) in [6, 6.07) is 17.2. The molecule has 0 spiro atoms. The second-order valence-corrected chi connectivity index (χ2v) is 5.69. The first kappa shape index (κ1) is 15.8. The Morgan fingerprint density at radius 3 is 2.54 bits per heavy atom. The van der Waals surface area contributed by atoms with Gasteiger partial charge in [-0.2, -0.15) is 4.98 Å². The van der Waals surface area contributed by atoms with Crippen LogP contribution < -0.4 is 11.0 Å². The van der Waals surface area contributed by atoms with Crippen LogP contribution in [0.5, 0.6) is 0 Å². The predicted octanol–water partition coefficient (Wildman–Crippen LogP) is 2.70. The zero-order valence-corrected chi connectivity index (χ0v) is 13.7. The number of nitrogens with zero attached hydrogens (tertiary/aromatic N) is 4. The first-order valence-electron chi connectivity index (χ1n) is 8.03. The lowest BCUT2D eigenvalue weighted by Crippen LogP contribution is -2.23. The third-order valence-electron chi connectivity index (χ3n) is 4.01. The molecule has 0 aliphatic rings. The monoisotopic (exact) mass is 345 g/mol. The highest BCUT2D eigenvalue weighted by Crippen LogP contribution is 2.19. The number of benzene rings is 1. The van der Waals surface area contributed by atoms with Crippen LogP contribution in [-0.2, 0) is 6.54 Å². The normalized spacial score (nSPS) is 10.8. The fraction of sp³-hybridized carbons (Fsp3) is 0.0526. The van der Waals surface area contributed by atoms with Crippen molar-refractivity contribution < 1.29 is 5.21 Å². The Hall–Kier alpha value is -3.74. The zero-order chi connectivity index (χ0) is 17.9. The molecular formula is C19H15N5O2. The summed E-state index contributed by atoms with van der Waals surface area (Å²) in [5.74, 6) is 0.386. The van der Waals surface area contributed by atoms with Gasteiger partial charge in [-0.1, -0.05) is 30.3 Å². The van der Waals surface area contributed by atoms with Gasteiger partial charge in [-0.05, 0) is 29.8 Å². The molecule has 0 amide bonds. The highest BCUT2D eigenvalue weighted by Gasteiger charge is 2.10. The van der Waals surface area contributed by atoms with Gasteiger partial charge in [0.25, 0.3) is 0 Å². The maximum absolute atomic E-state index is 11.8. The van der Waals surface area contributed by atoms with Crippen LogP contribution in [0.15, 0.2) is 71.8 Å². The van der Waals surface area contributed by atoms with Crippen molar-refractivity contribution in [1.29, 1.82) is 0 Å². The molecule has 0 bridgehead atoms. The van der Waals surface area contributed by atoms with E-state index < -0.39 is 5.69 Å². The molecule has 0 aliphatic heterocycles. The van der Waals surface area contributed by atoms with Gasteiger partial charge in [-0.15, -0.1) is 4.73 Å². The van der Waals surface area contributed by atoms with Crippen molar-refractivity contribution in [3.8, 4) is 11.3 Å². The molecule has 0 aliphatic carbocycles. The Bertz CT molecular complexity index is 1110. The first-order valence-corrected chi connectivity index (χ1v) is 8.03. The molecule has 4 aromatic rings. The van der Waals surface area contributed by atoms with Crippen LogP contribution >= 0.6 is 0 Å². The van der Waals surface area contributed by atoms with Crippen LogP contribution in [-0.4, -0.2) is 24.9 Å². The molecule has 2 N–H and O–H groups in total. The maximum atomic E-state index is 11.8. The van der Waals surface area contributed by atoms with Crippen LogP contribution in [0.2, 0.25) is 0 Å². The van der Waals surface area contributed by atoms with E-state index in [9.17, 15) is 10.0 Å². The summed E-state index contributed by atoms with van der Waals surface area (Å²) < 4.78 is 0.447. The lowest BCUT2D eigenvalue weighted by Gasteiger charge is -2.10. The minimum absolute atomic E-state index is 0.167. The van der Waals surface area contributed by atoms with E-state index in [-0.39, 0.29) is 5.65 Å². The molecule has 0 saturated carbocycles. The molecule has 0 unspecified atom stereocenters. The summed E-state index contributed by atoms with van der Waals surface area (Å²) in [6.07, 6.45) is 3.27. The lowest BCUT2D eigenvalue weighted by molar-refractivity contribution is 0.182. The van der Waals surface area contributed by atoms with Gasteiger partial charge in [-0.3, -0.25) is 4.98 Å². The molecule has 7 heteroatoms. The molecule has 128 valence electrons. The van der Waals surface area contributed by atoms with Crippen LogP contribution in [0, 0.1) is 0 Å². The number of nitrogens with one attached hydrogen (secondary N) is 1. The van der Waals surface area contributed by atoms with Crippen molar-refractivity contribution in [2.45, 2.75) is 6.54 Å². The minimum Gasteiger partial charge on any atom is -0.422 e. The number of hydrogen-bond donors (Lipinski definition) is 2. The molecule has 1 aromatic carbocycles. The molecule has 0 atom stereocenters. The zero-order valence-electron chi connectivity index (χ0n) is 13.7. The molecule has 0 saturated heterocycles. The van der Waals surface area contributed by atoms with E-state index in [0.29, 0.717) is 22.5 Å². The van der Waals surface area contributed by atoms with Crippen LogP contribution in [0.3, 0.4) is 0 Å². The van der Waals surface area contributed by atoms with E-state index in [1.54, 1.807) is 18.3 Å². The van der Waals surface area contributed by atoms with Crippen molar-refractivity contribution in [1.82, 2.24) is 19.7 Å². The van der Waals surface area contributed by atoms with Gasteiger partial charge in [0, 0.05) is 24.5 Å². The van der Waals surface area contributed by atoms with E-state index in [1.165, 1.54) is 6.20 Å². The Morgan fingerprint density at radius 1 is 0.962 bits per heavy atom. The van der Waals surface area contributed by atoms with Crippen LogP contribution in [0.4, 0.5) is 5.82 Å². The van der Waals surface area contributed by atoms with Gasteiger partial charge in [0.1, 0.15) is 5.82 Å². The van der Waals surface area contributed by atoms with E-state index in [1.807, 2.05) is 42.5 Å². The Morgan fingerprint density at radius 2 is 1.77 bits per heavy atom. The fourth-order valence-corrected chi connectivity index (χ4v) is 2.69. The van der Waals surface area contributed by atoms with Crippen LogP contribution in [0.1, 0.15) is 5.56 Å². The van der Waals surface area contributed by atoms with Crippen LogP contribution in [0.25, 0.3) is 22.3 Å². The standard InChI is InChI=1S/C19H15N5O2/c25-19-23-17(15-4-3-11-21-18(15)24(19)26)22-12-13-6-8-14(9-7-13)16-5-1-2-10-20-16/h1-11,26H,12H2,(H,22,23,25). The largest absolute Gasteiger partial charge is 0.422 e. The maximum Gasteiger partial charge on any atom is 0.384 e. The summed E-state index contributed by atoms with van der Waals surface area (Å²) in [4.78, 5) is 24.0. The third kappa shape index (κ3) is 2.98. The van der Waals surface area contributed by atoms with E-state index in [4.69, 9.17) is 0 Å². The smallest absolute Gasteiger partial charge is 0.384 e. The second-order valence-electron chi connectivity index (χ2n) is 5.69.